The van der Waals surface area contributed by atoms with Gasteiger partial charge in [-0.3, -0.25) is 4.79 Å². The van der Waals surface area contributed by atoms with Gasteiger partial charge in [-0.15, -0.1) is 11.3 Å². The number of benzene rings is 1. The van der Waals surface area contributed by atoms with Crippen molar-refractivity contribution in [1.29, 1.82) is 0 Å². The molecule has 0 aliphatic rings. The molecule has 0 spiro atoms. The molecule has 0 bridgehead atoms. The Morgan fingerprint density at radius 1 is 1.22 bits per heavy atom. The number of anilines is 1. The van der Waals surface area contributed by atoms with E-state index in [0.717, 1.165) is 15.9 Å². The van der Waals surface area contributed by atoms with Gasteiger partial charge in [0.05, 0.1) is 10.2 Å². The van der Waals surface area contributed by atoms with Crippen molar-refractivity contribution >= 4 is 33.1 Å². The van der Waals surface area contributed by atoms with Crippen molar-refractivity contribution in [2.75, 3.05) is 5.32 Å². The summed E-state index contributed by atoms with van der Waals surface area (Å²) in [5.74, 6) is -0.109. The minimum Gasteiger partial charge on any atom is -0.350 e. The Morgan fingerprint density at radius 2 is 2.00 bits per heavy atom. The number of para-hydroxylation sites is 1. The number of H-pyrrole nitrogens is 1. The number of aromatic nitrogens is 1. The number of thiophene rings is 1. The van der Waals surface area contributed by atoms with E-state index in [-0.39, 0.29) is 5.91 Å². The molecular formula is C14H12N2OS. The summed E-state index contributed by atoms with van der Waals surface area (Å²) in [6.07, 6.45) is 0. The number of hydrogen-bond donors (Lipinski definition) is 2. The number of aryl methyl sites for hydroxylation is 1. The van der Waals surface area contributed by atoms with Crippen LogP contribution in [0.3, 0.4) is 0 Å². The maximum atomic E-state index is 12.0. The summed E-state index contributed by atoms with van der Waals surface area (Å²) in [6, 6.07) is 13.4. The molecule has 0 unspecified atom stereocenters. The predicted molar refractivity (Wildman–Crippen MR) is 75.3 cm³/mol. The van der Waals surface area contributed by atoms with Gasteiger partial charge >= 0.3 is 0 Å². The summed E-state index contributed by atoms with van der Waals surface area (Å²) in [6.45, 7) is 2.06. The molecule has 0 saturated heterocycles. The third-order valence-electron chi connectivity index (χ3n) is 2.71. The Kier molecular flexibility index (Phi) is 2.64. The van der Waals surface area contributed by atoms with Gasteiger partial charge in [0.2, 0.25) is 0 Å². The van der Waals surface area contributed by atoms with E-state index >= 15 is 0 Å². The molecule has 3 aromatic rings. The Labute approximate surface area is 108 Å². The van der Waals surface area contributed by atoms with Crippen LogP contribution < -0.4 is 5.32 Å². The van der Waals surface area contributed by atoms with Gasteiger partial charge in [0.25, 0.3) is 5.91 Å². The second-order valence-corrected chi connectivity index (χ2v) is 5.43. The number of aromatic amines is 1. The first-order valence-corrected chi connectivity index (χ1v) is 6.49. The molecule has 4 heteroatoms. The Morgan fingerprint density at radius 3 is 2.72 bits per heavy atom. The smallest absolute Gasteiger partial charge is 0.272 e. The average Bonchev–Trinajstić information content (AvgIpc) is 2.87. The number of carbonyl (C=O) groups excluding carboxylic acids is 1. The molecule has 1 aromatic carbocycles. The molecule has 2 N–H and O–H groups in total. The summed E-state index contributed by atoms with van der Waals surface area (Å²) in [5, 5.41) is 2.86. The molecule has 3 nitrogen and oxygen atoms in total. The van der Waals surface area contributed by atoms with Gasteiger partial charge in [-0.1, -0.05) is 18.2 Å². The highest BCUT2D eigenvalue weighted by molar-refractivity contribution is 7.19. The van der Waals surface area contributed by atoms with Gasteiger partial charge in [-0.05, 0) is 31.2 Å². The molecule has 3 rings (SSSR count). The Balaban J connectivity index is 1.85. The fourth-order valence-corrected chi connectivity index (χ4v) is 2.81. The first-order chi connectivity index (χ1) is 8.72. The molecule has 0 aliphatic heterocycles. The van der Waals surface area contributed by atoms with Gasteiger partial charge in [0, 0.05) is 10.6 Å². The topological polar surface area (TPSA) is 44.9 Å². The van der Waals surface area contributed by atoms with Crippen molar-refractivity contribution in [3.05, 3.63) is 53.0 Å². The predicted octanol–water partition coefficient (Wildman–Crippen LogP) is 3.79. The van der Waals surface area contributed by atoms with Gasteiger partial charge in [0.15, 0.2) is 0 Å². The molecule has 1 amide bonds. The van der Waals surface area contributed by atoms with E-state index in [9.17, 15) is 4.79 Å². The highest BCUT2D eigenvalue weighted by Crippen LogP contribution is 2.25. The zero-order chi connectivity index (χ0) is 12.5. The minimum atomic E-state index is -0.109. The van der Waals surface area contributed by atoms with Crippen LogP contribution in [0.4, 0.5) is 5.69 Å². The van der Waals surface area contributed by atoms with E-state index < -0.39 is 0 Å². The Bertz CT molecular complexity index is 665. The lowest BCUT2D eigenvalue weighted by atomic mass is 10.3. The zero-order valence-corrected chi connectivity index (χ0v) is 10.7. The lowest BCUT2D eigenvalue weighted by Crippen LogP contribution is -2.11. The van der Waals surface area contributed by atoms with Gasteiger partial charge in [-0.2, -0.15) is 0 Å². The van der Waals surface area contributed by atoms with Gasteiger partial charge < -0.3 is 10.3 Å². The summed E-state index contributed by atoms with van der Waals surface area (Å²) in [4.78, 5) is 16.4. The maximum absolute atomic E-state index is 12.0. The van der Waals surface area contributed by atoms with E-state index in [4.69, 9.17) is 0 Å². The largest absolute Gasteiger partial charge is 0.350 e. The van der Waals surface area contributed by atoms with Crippen molar-refractivity contribution in [2.24, 2.45) is 0 Å². The lowest BCUT2D eigenvalue weighted by molar-refractivity contribution is 0.102. The highest BCUT2D eigenvalue weighted by Gasteiger charge is 2.11. The van der Waals surface area contributed by atoms with Crippen LogP contribution in [0.25, 0.3) is 10.2 Å². The van der Waals surface area contributed by atoms with Crippen molar-refractivity contribution in [2.45, 2.75) is 6.92 Å². The second kappa shape index (κ2) is 4.31. The van der Waals surface area contributed by atoms with Crippen LogP contribution in [0.5, 0.6) is 0 Å². The van der Waals surface area contributed by atoms with Crippen molar-refractivity contribution in [1.82, 2.24) is 4.98 Å². The molecule has 0 fully saturated rings. The molecule has 2 aromatic heterocycles. The maximum Gasteiger partial charge on any atom is 0.272 e. The average molecular weight is 256 g/mol. The normalized spacial score (nSPS) is 10.7. The quantitative estimate of drug-likeness (QED) is 0.720. The molecular weight excluding hydrogens is 244 g/mol. The molecule has 0 atom stereocenters. The second-order valence-electron chi connectivity index (χ2n) is 4.14. The van der Waals surface area contributed by atoms with Gasteiger partial charge in [-0.25, -0.2) is 0 Å². The number of amides is 1. The third kappa shape index (κ3) is 2.02. The molecule has 2 heterocycles. The number of nitrogens with one attached hydrogen (secondary N) is 2. The number of carbonyl (C=O) groups is 1. The summed E-state index contributed by atoms with van der Waals surface area (Å²) in [7, 11) is 0. The number of rotatable bonds is 2. The fourth-order valence-electron chi connectivity index (χ4n) is 1.89. The van der Waals surface area contributed by atoms with E-state index in [0.29, 0.717) is 5.69 Å². The van der Waals surface area contributed by atoms with Crippen molar-refractivity contribution in [3.63, 3.8) is 0 Å². The summed E-state index contributed by atoms with van der Waals surface area (Å²) >= 11 is 1.69. The van der Waals surface area contributed by atoms with Crippen LogP contribution in [0, 0.1) is 6.92 Å². The molecule has 90 valence electrons. The first-order valence-electron chi connectivity index (χ1n) is 5.68. The van der Waals surface area contributed by atoms with E-state index in [1.165, 1.54) is 4.88 Å². The van der Waals surface area contributed by atoms with E-state index in [2.05, 4.69) is 23.3 Å². The SMILES string of the molecule is Cc1cc2[nH]c(C(=O)Nc3ccccc3)cc2s1. The molecule has 18 heavy (non-hydrogen) atoms. The first kappa shape index (κ1) is 11.0. The van der Waals surface area contributed by atoms with E-state index in [1.54, 1.807) is 11.3 Å². The third-order valence-corrected chi connectivity index (χ3v) is 3.70. The molecule has 0 aliphatic carbocycles. The van der Waals surface area contributed by atoms with Crippen LogP contribution in [-0.4, -0.2) is 10.9 Å². The molecule has 0 saturated carbocycles. The minimum absolute atomic E-state index is 0.109. The standard InChI is InChI=1S/C14H12N2OS/c1-9-7-11-13(18-9)8-12(16-11)14(17)15-10-5-3-2-4-6-10/h2-8,16H,1H3,(H,15,17). The Hall–Kier alpha value is -2.07. The lowest BCUT2D eigenvalue weighted by Gasteiger charge is -2.02. The van der Waals surface area contributed by atoms with Crippen LogP contribution in [0.1, 0.15) is 15.4 Å². The number of hydrogen-bond acceptors (Lipinski definition) is 2. The zero-order valence-electron chi connectivity index (χ0n) is 9.86. The van der Waals surface area contributed by atoms with Crippen LogP contribution in [0.2, 0.25) is 0 Å². The van der Waals surface area contributed by atoms with Crippen molar-refractivity contribution < 1.29 is 4.79 Å². The van der Waals surface area contributed by atoms with Gasteiger partial charge in [0.1, 0.15) is 5.69 Å². The van der Waals surface area contributed by atoms with E-state index in [1.807, 2.05) is 36.4 Å². The number of fused-ring (bicyclic) bond motifs is 1. The van der Waals surface area contributed by atoms with Crippen LogP contribution in [0.15, 0.2) is 42.5 Å². The highest BCUT2D eigenvalue weighted by atomic mass is 32.1. The van der Waals surface area contributed by atoms with Crippen LogP contribution >= 0.6 is 11.3 Å². The van der Waals surface area contributed by atoms with Crippen molar-refractivity contribution in [3.8, 4) is 0 Å². The molecule has 0 radical (unpaired) electrons. The fraction of sp³-hybridized carbons (Fsp3) is 0.0714. The summed E-state index contributed by atoms with van der Waals surface area (Å²) < 4.78 is 1.12. The van der Waals surface area contributed by atoms with Crippen LogP contribution in [-0.2, 0) is 0 Å². The summed E-state index contributed by atoms with van der Waals surface area (Å²) in [5.41, 5.74) is 2.42. The monoisotopic (exact) mass is 256 g/mol.